The number of benzene rings is 2. The average molecular weight is 407 g/mol. The monoisotopic (exact) mass is 407 g/mol. The normalized spacial score (nSPS) is 12.2. The average Bonchev–Trinajstić information content (AvgIpc) is 2.60. The maximum Gasteiger partial charge on any atom is 0.305 e. The number of rotatable bonds is 8. The van der Waals surface area contributed by atoms with Crippen molar-refractivity contribution < 1.29 is 28.0 Å². The number of anilines is 1. The summed E-state index contributed by atoms with van der Waals surface area (Å²) in [5.74, 6) is -1.60. The molecule has 0 spiro atoms. The van der Waals surface area contributed by atoms with Gasteiger partial charge >= 0.3 is 5.97 Å². The molecule has 0 unspecified atom stereocenters. The second-order valence-corrected chi connectivity index (χ2v) is 7.54. The first-order chi connectivity index (χ1) is 13.1. The molecule has 0 saturated heterocycles. The first-order valence-corrected chi connectivity index (χ1v) is 9.43. The van der Waals surface area contributed by atoms with Gasteiger partial charge in [0, 0.05) is 24.7 Å². The lowest BCUT2D eigenvalue weighted by Crippen LogP contribution is -2.30. The summed E-state index contributed by atoms with van der Waals surface area (Å²) < 4.78 is 27.5. The lowest BCUT2D eigenvalue weighted by atomic mass is 10.0. The fraction of sp³-hybridized carbons (Fsp3) is 0.176. The number of nitro benzene ring substituents is 1. The zero-order valence-corrected chi connectivity index (χ0v) is 15.5. The highest BCUT2D eigenvalue weighted by Gasteiger charge is 2.25. The van der Waals surface area contributed by atoms with Crippen LogP contribution in [0, 0.1) is 10.1 Å². The molecule has 0 aromatic heterocycles. The highest BCUT2D eigenvalue weighted by atomic mass is 32.2. The van der Waals surface area contributed by atoms with E-state index in [2.05, 4.69) is 10.0 Å². The molecule has 0 fully saturated rings. The molecule has 0 aliphatic rings. The Morgan fingerprint density at radius 3 is 2.36 bits per heavy atom. The number of carboxylic acid groups (broad SMARTS) is 1. The molecular weight excluding hydrogens is 390 g/mol. The van der Waals surface area contributed by atoms with Crippen LogP contribution in [-0.4, -0.2) is 30.3 Å². The molecule has 1 atom stereocenters. The fourth-order valence-electron chi connectivity index (χ4n) is 2.43. The summed E-state index contributed by atoms with van der Waals surface area (Å²) in [5, 5.41) is 22.5. The molecule has 0 heterocycles. The molecule has 28 heavy (non-hydrogen) atoms. The Bertz CT molecular complexity index is 1000. The van der Waals surface area contributed by atoms with E-state index in [1.54, 1.807) is 0 Å². The van der Waals surface area contributed by atoms with Crippen LogP contribution in [0.4, 0.5) is 11.4 Å². The molecule has 0 aliphatic heterocycles. The van der Waals surface area contributed by atoms with Crippen molar-refractivity contribution in [3.63, 3.8) is 0 Å². The van der Waals surface area contributed by atoms with Crippen molar-refractivity contribution in [2.24, 2.45) is 0 Å². The first-order valence-electron chi connectivity index (χ1n) is 7.94. The quantitative estimate of drug-likeness (QED) is 0.446. The van der Waals surface area contributed by atoms with Gasteiger partial charge in [0.25, 0.3) is 5.69 Å². The van der Waals surface area contributed by atoms with Crippen molar-refractivity contribution in [2.75, 3.05) is 5.32 Å². The number of nitrogens with one attached hydrogen (secondary N) is 2. The Hall–Kier alpha value is -3.31. The van der Waals surface area contributed by atoms with Crippen LogP contribution in [0.25, 0.3) is 0 Å². The van der Waals surface area contributed by atoms with Gasteiger partial charge in [-0.05, 0) is 29.8 Å². The van der Waals surface area contributed by atoms with Gasteiger partial charge < -0.3 is 10.4 Å². The summed E-state index contributed by atoms with van der Waals surface area (Å²) in [7, 11) is -4.13. The molecule has 148 valence electrons. The number of hydrogen-bond acceptors (Lipinski definition) is 6. The van der Waals surface area contributed by atoms with Gasteiger partial charge in [-0.2, -0.15) is 0 Å². The predicted octanol–water partition coefficient (Wildman–Crippen LogP) is 2.05. The Balaban J connectivity index is 2.32. The zero-order chi connectivity index (χ0) is 20.9. The largest absolute Gasteiger partial charge is 0.481 e. The summed E-state index contributed by atoms with van der Waals surface area (Å²) in [4.78, 5) is 32.3. The van der Waals surface area contributed by atoms with Crippen molar-refractivity contribution in [3.05, 3.63) is 64.2 Å². The maximum atomic E-state index is 12.6. The molecule has 0 saturated carbocycles. The number of carboxylic acids is 1. The van der Waals surface area contributed by atoms with E-state index in [9.17, 15) is 28.1 Å². The number of hydrogen-bond donors (Lipinski definition) is 3. The lowest BCUT2D eigenvalue weighted by Gasteiger charge is -2.17. The van der Waals surface area contributed by atoms with Crippen LogP contribution in [-0.2, 0) is 19.6 Å². The van der Waals surface area contributed by atoms with Gasteiger partial charge in [-0.1, -0.05) is 12.1 Å². The van der Waals surface area contributed by atoms with E-state index < -0.39 is 33.4 Å². The number of nitro groups is 1. The summed E-state index contributed by atoms with van der Waals surface area (Å²) >= 11 is 0. The molecule has 1 amide bonds. The van der Waals surface area contributed by atoms with Crippen molar-refractivity contribution in [3.8, 4) is 0 Å². The summed E-state index contributed by atoms with van der Waals surface area (Å²) in [6.07, 6.45) is -0.607. The van der Waals surface area contributed by atoms with E-state index in [0.29, 0.717) is 5.69 Å². The molecule has 0 aliphatic carbocycles. The van der Waals surface area contributed by atoms with Crippen molar-refractivity contribution in [1.29, 1.82) is 0 Å². The van der Waals surface area contributed by atoms with Gasteiger partial charge in [0.2, 0.25) is 15.9 Å². The Morgan fingerprint density at radius 2 is 1.82 bits per heavy atom. The molecule has 11 heteroatoms. The molecule has 10 nitrogen and oxygen atoms in total. The number of aliphatic carboxylic acids is 1. The van der Waals surface area contributed by atoms with Gasteiger partial charge in [-0.15, -0.1) is 0 Å². The SMILES string of the molecule is CC(=O)Nc1ccc(S(=O)(=O)N[C@@H](CC(=O)O)c2cccc([N+](=O)[O-])c2)cc1. The smallest absolute Gasteiger partial charge is 0.305 e. The molecule has 2 aromatic rings. The Kier molecular flexibility index (Phi) is 6.44. The van der Waals surface area contributed by atoms with Gasteiger partial charge in [0.15, 0.2) is 0 Å². The van der Waals surface area contributed by atoms with Crippen LogP contribution in [0.2, 0.25) is 0 Å². The van der Waals surface area contributed by atoms with Crippen molar-refractivity contribution >= 4 is 33.3 Å². The van der Waals surface area contributed by atoms with E-state index in [-0.39, 0.29) is 22.1 Å². The van der Waals surface area contributed by atoms with Gasteiger partial charge in [0.1, 0.15) is 0 Å². The second-order valence-electron chi connectivity index (χ2n) is 5.83. The van der Waals surface area contributed by atoms with E-state index in [0.717, 1.165) is 6.07 Å². The highest BCUT2D eigenvalue weighted by molar-refractivity contribution is 7.89. The summed E-state index contributed by atoms with van der Waals surface area (Å²) in [6, 6.07) is 9.15. The van der Waals surface area contributed by atoms with Crippen LogP contribution >= 0.6 is 0 Å². The van der Waals surface area contributed by atoms with E-state index in [1.807, 2.05) is 0 Å². The van der Waals surface area contributed by atoms with E-state index in [1.165, 1.54) is 49.4 Å². The molecule has 0 radical (unpaired) electrons. The zero-order valence-electron chi connectivity index (χ0n) is 14.7. The van der Waals surface area contributed by atoms with Crippen molar-refractivity contribution in [2.45, 2.75) is 24.3 Å². The summed E-state index contributed by atoms with van der Waals surface area (Å²) in [6.45, 7) is 1.31. The minimum absolute atomic E-state index is 0.148. The van der Waals surface area contributed by atoms with E-state index in [4.69, 9.17) is 5.11 Å². The number of sulfonamides is 1. The molecular formula is C17H17N3O7S. The topological polar surface area (TPSA) is 156 Å². The van der Waals surface area contributed by atoms with Crippen LogP contribution in [0.15, 0.2) is 53.4 Å². The third-order valence-corrected chi connectivity index (χ3v) is 5.13. The number of nitrogens with zero attached hydrogens (tertiary/aromatic N) is 1. The van der Waals surface area contributed by atoms with Crippen LogP contribution in [0.3, 0.4) is 0 Å². The number of carbonyl (C=O) groups is 2. The molecule has 0 bridgehead atoms. The van der Waals surface area contributed by atoms with Crippen LogP contribution in [0.1, 0.15) is 24.9 Å². The predicted molar refractivity (Wildman–Crippen MR) is 99.2 cm³/mol. The van der Waals surface area contributed by atoms with Gasteiger partial charge in [0.05, 0.1) is 22.3 Å². The Morgan fingerprint density at radius 1 is 1.18 bits per heavy atom. The maximum absolute atomic E-state index is 12.6. The molecule has 2 rings (SSSR count). The summed E-state index contributed by atoms with van der Waals surface area (Å²) in [5.41, 5.74) is 0.258. The lowest BCUT2D eigenvalue weighted by molar-refractivity contribution is -0.384. The van der Waals surface area contributed by atoms with Crippen LogP contribution < -0.4 is 10.0 Å². The standard InChI is InChI=1S/C17H17N3O7S/c1-11(21)18-13-5-7-15(8-6-13)28(26,27)19-16(10-17(22)23)12-3-2-4-14(9-12)20(24)25/h2-9,16,19H,10H2,1H3,(H,18,21)(H,22,23)/t16-/m0/s1. The molecule has 2 aromatic carbocycles. The van der Waals surface area contributed by atoms with E-state index >= 15 is 0 Å². The third kappa shape index (κ3) is 5.59. The van der Waals surface area contributed by atoms with Crippen molar-refractivity contribution in [1.82, 2.24) is 4.72 Å². The third-order valence-electron chi connectivity index (χ3n) is 3.64. The second kappa shape index (κ2) is 8.59. The Labute approximate surface area is 160 Å². The highest BCUT2D eigenvalue weighted by Crippen LogP contribution is 2.24. The van der Waals surface area contributed by atoms with Crippen LogP contribution in [0.5, 0.6) is 0 Å². The van der Waals surface area contributed by atoms with Gasteiger partial charge in [-0.25, -0.2) is 13.1 Å². The molecule has 3 N–H and O–H groups in total. The minimum atomic E-state index is -4.13. The number of carbonyl (C=O) groups excluding carboxylic acids is 1. The fourth-order valence-corrected chi connectivity index (χ4v) is 3.66. The minimum Gasteiger partial charge on any atom is -0.481 e. The number of non-ortho nitro benzene ring substituents is 1. The first kappa shape index (κ1) is 21.0. The van der Waals surface area contributed by atoms with Gasteiger partial charge in [-0.3, -0.25) is 19.7 Å². The number of amides is 1.